The Hall–Kier alpha value is -1.13. The van der Waals surface area contributed by atoms with E-state index in [1.54, 1.807) is 6.07 Å². The van der Waals surface area contributed by atoms with Crippen molar-refractivity contribution in [3.05, 3.63) is 35.6 Å². The smallest absolute Gasteiger partial charge is 0.325 e. The van der Waals surface area contributed by atoms with E-state index in [9.17, 15) is 9.18 Å². The van der Waals surface area contributed by atoms with E-state index in [0.717, 1.165) is 0 Å². The minimum absolute atomic E-state index is 0. The van der Waals surface area contributed by atoms with Gasteiger partial charge in [0, 0.05) is 5.56 Å². The Balaban J connectivity index is 0.00000169. The number of carbonyl (C=O) groups is 1. The summed E-state index contributed by atoms with van der Waals surface area (Å²) in [4.78, 5) is 10.7. The third-order valence-electron chi connectivity index (χ3n) is 1.75. The van der Waals surface area contributed by atoms with Crippen LogP contribution < -0.4 is 5.32 Å². The number of hydrogen-bond donors (Lipinski definition) is 2. The third kappa shape index (κ3) is 2.68. The predicted octanol–water partition coefficient (Wildman–Crippen LogP) is 1.59. The zero-order chi connectivity index (χ0) is 9.84. The fraction of sp³-hybridized carbons (Fsp3) is 0.222. The van der Waals surface area contributed by atoms with Crippen LogP contribution in [0.2, 0.25) is 0 Å². The van der Waals surface area contributed by atoms with Crippen molar-refractivity contribution < 1.29 is 14.3 Å². The maximum absolute atomic E-state index is 13.1. The van der Waals surface area contributed by atoms with Gasteiger partial charge in [0.05, 0.1) is 0 Å². The first kappa shape index (κ1) is 12.9. The molecule has 0 spiro atoms. The Morgan fingerprint density at radius 2 is 2.07 bits per heavy atom. The van der Waals surface area contributed by atoms with Gasteiger partial charge in [-0.25, -0.2) is 4.39 Å². The first-order valence-electron chi connectivity index (χ1n) is 3.81. The van der Waals surface area contributed by atoms with Crippen molar-refractivity contribution in [2.45, 2.75) is 6.04 Å². The third-order valence-corrected chi connectivity index (χ3v) is 1.75. The second-order valence-electron chi connectivity index (χ2n) is 2.58. The molecule has 78 valence electrons. The number of carboxylic acid groups (broad SMARTS) is 1. The molecule has 5 heteroatoms. The van der Waals surface area contributed by atoms with E-state index in [4.69, 9.17) is 5.11 Å². The van der Waals surface area contributed by atoms with Crippen molar-refractivity contribution in [3.8, 4) is 0 Å². The number of benzene rings is 1. The van der Waals surface area contributed by atoms with E-state index in [2.05, 4.69) is 5.32 Å². The van der Waals surface area contributed by atoms with Gasteiger partial charge in [0.2, 0.25) is 0 Å². The molecule has 0 heterocycles. The van der Waals surface area contributed by atoms with Gasteiger partial charge >= 0.3 is 5.97 Å². The average molecular weight is 220 g/mol. The van der Waals surface area contributed by atoms with Crippen molar-refractivity contribution >= 4 is 18.4 Å². The van der Waals surface area contributed by atoms with E-state index >= 15 is 0 Å². The molecule has 0 aliphatic heterocycles. The summed E-state index contributed by atoms with van der Waals surface area (Å²) < 4.78 is 13.1. The van der Waals surface area contributed by atoms with Gasteiger partial charge in [0.1, 0.15) is 11.9 Å². The van der Waals surface area contributed by atoms with Crippen LogP contribution in [0, 0.1) is 5.82 Å². The van der Waals surface area contributed by atoms with E-state index < -0.39 is 17.8 Å². The molecule has 1 unspecified atom stereocenters. The Kier molecular flexibility index (Phi) is 5.12. The Morgan fingerprint density at radius 1 is 1.50 bits per heavy atom. The highest BCUT2D eigenvalue weighted by Crippen LogP contribution is 2.16. The molecule has 0 saturated carbocycles. The van der Waals surface area contributed by atoms with Gasteiger partial charge in [0.25, 0.3) is 0 Å². The first-order valence-corrected chi connectivity index (χ1v) is 3.81. The largest absolute Gasteiger partial charge is 0.480 e. The van der Waals surface area contributed by atoms with Gasteiger partial charge in [-0.05, 0) is 13.1 Å². The molecule has 0 radical (unpaired) electrons. The van der Waals surface area contributed by atoms with Gasteiger partial charge < -0.3 is 10.4 Å². The van der Waals surface area contributed by atoms with Gasteiger partial charge in [-0.2, -0.15) is 0 Å². The van der Waals surface area contributed by atoms with Gasteiger partial charge in [-0.15, -0.1) is 12.4 Å². The second kappa shape index (κ2) is 5.57. The Bertz CT molecular complexity index is 319. The summed E-state index contributed by atoms with van der Waals surface area (Å²) in [5.74, 6) is -1.60. The molecule has 0 bridgehead atoms. The fourth-order valence-electron chi connectivity index (χ4n) is 1.12. The number of aliphatic carboxylic acids is 1. The normalized spacial score (nSPS) is 11.6. The van der Waals surface area contributed by atoms with Gasteiger partial charge in [0.15, 0.2) is 0 Å². The van der Waals surface area contributed by atoms with Crippen LogP contribution in [0.25, 0.3) is 0 Å². The summed E-state index contributed by atoms with van der Waals surface area (Å²) in [6.45, 7) is 0. The Labute approximate surface area is 87.4 Å². The van der Waals surface area contributed by atoms with Crippen molar-refractivity contribution in [1.29, 1.82) is 0 Å². The lowest BCUT2D eigenvalue weighted by Gasteiger charge is -2.11. The lowest BCUT2D eigenvalue weighted by Crippen LogP contribution is -2.25. The topological polar surface area (TPSA) is 49.3 Å². The van der Waals surface area contributed by atoms with Gasteiger partial charge in [-0.3, -0.25) is 4.79 Å². The number of carboxylic acids is 1. The molecule has 0 aromatic heterocycles. The summed E-state index contributed by atoms with van der Waals surface area (Å²) >= 11 is 0. The highest BCUT2D eigenvalue weighted by Gasteiger charge is 2.19. The van der Waals surface area contributed by atoms with Crippen molar-refractivity contribution in [1.82, 2.24) is 5.32 Å². The summed E-state index contributed by atoms with van der Waals surface area (Å²) in [6, 6.07) is 4.83. The van der Waals surface area contributed by atoms with Crippen LogP contribution in [0.3, 0.4) is 0 Å². The zero-order valence-electron chi connectivity index (χ0n) is 7.53. The van der Waals surface area contributed by atoms with Crippen LogP contribution in [-0.4, -0.2) is 18.1 Å². The number of halogens is 2. The molecule has 14 heavy (non-hydrogen) atoms. The van der Waals surface area contributed by atoms with Crippen molar-refractivity contribution in [3.63, 3.8) is 0 Å². The highest BCUT2D eigenvalue weighted by atomic mass is 35.5. The molecular formula is C9H11ClFNO2. The van der Waals surface area contributed by atoms with Gasteiger partial charge in [-0.1, -0.05) is 18.2 Å². The fourth-order valence-corrected chi connectivity index (χ4v) is 1.12. The molecule has 1 aromatic rings. The predicted molar refractivity (Wildman–Crippen MR) is 53.1 cm³/mol. The molecule has 0 aliphatic carbocycles. The first-order chi connectivity index (χ1) is 6.16. The van der Waals surface area contributed by atoms with Crippen LogP contribution in [0.15, 0.2) is 24.3 Å². The molecule has 0 fully saturated rings. The van der Waals surface area contributed by atoms with Crippen molar-refractivity contribution in [2.75, 3.05) is 7.05 Å². The molecule has 3 nitrogen and oxygen atoms in total. The molecule has 0 amide bonds. The van der Waals surface area contributed by atoms with Crippen molar-refractivity contribution in [2.24, 2.45) is 0 Å². The quantitative estimate of drug-likeness (QED) is 0.812. The standard InChI is InChI=1S/C9H10FNO2.ClH/c1-11-8(9(12)13)6-4-2-3-5-7(6)10;/h2-5,8,11H,1H3,(H,12,13);1H. The number of rotatable bonds is 3. The molecule has 0 aliphatic rings. The maximum Gasteiger partial charge on any atom is 0.325 e. The van der Waals surface area contributed by atoms with E-state index in [0.29, 0.717) is 0 Å². The van der Waals surface area contributed by atoms with E-state index in [1.807, 2.05) is 0 Å². The van der Waals surface area contributed by atoms with Crippen LogP contribution in [0.4, 0.5) is 4.39 Å². The summed E-state index contributed by atoms with van der Waals surface area (Å²) in [5, 5.41) is 11.2. The van der Waals surface area contributed by atoms with Crippen LogP contribution in [0.5, 0.6) is 0 Å². The SMILES string of the molecule is CNC(C(=O)O)c1ccccc1F.Cl. The summed E-state index contributed by atoms with van der Waals surface area (Å²) in [7, 11) is 1.48. The lowest BCUT2D eigenvalue weighted by molar-refractivity contribution is -0.139. The monoisotopic (exact) mass is 219 g/mol. The minimum atomic E-state index is -1.09. The number of nitrogens with one attached hydrogen (secondary N) is 1. The summed E-state index contributed by atoms with van der Waals surface area (Å²) in [5.41, 5.74) is 0.150. The molecule has 1 aromatic carbocycles. The van der Waals surface area contributed by atoms with E-state index in [-0.39, 0.29) is 18.0 Å². The average Bonchev–Trinajstić information content (AvgIpc) is 2.09. The molecule has 2 N–H and O–H groups in total. The van der Waals surface area contributed by atoms with Crippen LogP contribution >= 0.6 is 12.4 Å². The van der Waals surface area contributed by atoms with Crippen LogP contribution in [0.1, 0.15) is 11.6 Å². The Morgan fingerprint density at radius 3 is 2.50 bits per heavy atom. The molecule has 0 saturated heterocycles. The van der Waals surface area contributed by atoms with E-state index in [1.165, 1.54) is 25.2 Å². The highest BCUT2D eigenvalue weighted by molar-refractivity contribution is 5.85. The minimum Gasteiger partial charge on any atom is -0.480 e. The lowest BCUT2D eigenvalue weighted by atomic mass is 10.1. The second-order valence-corrected chi connectivity index (χ2v) is 2.58. The zero-order valence-corrected chi connectivity index (χ0v) is 8.34. The molecular weight excluding hydrogens is 209 g/mol. The molecule has 1 rings (SSSR count). The number of hydrogen-bond acceptors (Lipinski definition) is 2. The summed E-state index contributed by atoms with van der Waals surface area (Å²) in [6.07, 6.45) is 0. The van der Waals surface area contributed by atoms with Crippen LogP contribution in [-0.2, 0) is 4.79 Å². The maximum atomic E-state index is 13.1. The molecule has 1 atom stereocenters. The number of likely N-dealkylation sites (N-methyl/N-ethyl adjacent to an activating group) is 1.